The van der Waals surface area contributed by atoms with Crippen LogP contribution in [-0.2, 0) is 17.8 Å². The van der Waals surface area contributed by atoms with Gasteiger partial charge in [-0.15, -0.1) is 0 Å². The molecular formula is C23H25N3O2S. The van der Waals surface area contributed by atoms with Crippen LogP contribution < -0.4 is 10.9 Å². The molecular weight excluding hydrogens is 382 g/mol. The lowest BCUT2D eigenvalue weighted by molar-refractivity contribution is -0.120. The number of H-pyrrole nitrogens is 1. The number of rotatable bonds is 7. The molecule has 0 spiro atoms. The van der Waals surface area contributed by atoms with E-state index in [9.17, 15) is 9.59 Å². The average Bonchev–Trinajstić information content (AvgIpc) is 2.71. The Bertz CT molecular complexity index is 1030. The van der Waals surface area contributed by atoms with E-state index in [1.165, 1.54) is 17.3 Å². The minimum atomic E-state index is -0.259. The van der Waals surface area contributed by atoms with Gasteiger partial charge in [-0.05, 0) is 31.9 Å². The second kappa shape index (κ2) is 9.56. The standard InChI is InChI=1S/C23H25N3O2S/c1-15-9-11-18(12-10-15)14-24-21(27)13-20-16(2)25-23(26-22(20)28)29-17(3)19-7-5-4-6-8-19/h4-12,17H,13-14H2,1-3H3,(H,24,27)(H,25,26,28). The summed E-state index contributed by atoms with van der Waals surface area (Å²) in [5.74, 6) is -0.195. The lowest BCUT2D eigenvalue weighted by Gasteiger charge is -2.12. The molecule has 29 heavy (non-hydrogen) atoms. The first-order valence-corrected chi connectivity index (χ1v) is 10.4. The molecule has 1 amide bonds. The van der Waals surface area contributed by atoms with Crippen molar-refractivity contribution in [2.24, 2.45) is 0 Å². The molecule has 1 unspecified atom stereocenters. The first kappa shape index (κ1) is 20.9. The van der Waals surface area contributed by atoms with Crippen LogP contribution in [0.1, 0.15) is 40.1 Å². The summed E-state index contributed by atoms with van der Waals surface area (Å²) in [5, 5.41) is 3.58. The normalized spacial score (nSPS) is 11.8. The number of nitrogens with one attached hydrogen (secondary N) is 2. The van der Waals surface area contributed by atoms with Crippen molar-refractivity contribution in [1.29, 1.82) is 0 Å². The number of aromatic amines is 1. The second-order valence-corrected chi connectivity index (χ2v) is 8.37. The number of benzene rings is 2. The largest absolute Gasteiger partial charge is 0.352 e. The van der Waals surface area contributed by atoms with E-state index in [-0.39, 0.29) is 23.1 Å². The number of aryl methyl sites for hydroxylation is 2. The molecule has 0 saturated carbocycles. The van der Waals surface area contributed by atoms with Crippen LogP contribution in [0, 0.1) is 13.8 Å². The van der Waals surface area contributed by atoms with Crippen LogP contribution in [-0.4, -0.2) is 15.9 Å². The molecule has 3 aromatic rings. The highest BCUT2D eigenvalue weighted by molar-refractivity contribution is 7.99. The monoisotopic (exact) mass is 407 g/mol. The first-order valence-electron chi connectivity index (χ1n) is 9.56. The number of amides is 1. The number of thioether (sulfide) groups is 1. The molecule has 1 heterocycles. The van der Waals surface area contributed by atoms with Crippen molar-refractivity contribution in [3.05, 3.63) is 92.9 Å². The van der Waals surface area contributed by atoms with E-state index in [1.807, 2.05) is 49.4 Å². The lowest BCUT2D eigenvalue weighted by Crippen LogP contribution is -2.28. The molecule has 150 valence electrons. The van der Waals surface area contributed by atoms with Crippen LogP contribution in [0.2, 0.25) is 0 Å². The summed E-state index contributed by atoms with van der Waals surface area (Å²) in [6, 6.07) is 18.0. The molecule has 1 atom stereocenters. The maximum absolute atomic E-state index is 12.5. The average molecular weight is 408 g/mol. The van der Waals surface area contributed by atoms with Crippen LogP contribution in [0.15, 0.2) is 64.5 Å². The number of hydrogen-bond donors (Lipinski definition) is 2. The Labute approximate surface area is 175 Å². The molecule has 3 rings (SSSR count). The highest BCUT2D eigenvalue weighted by Crippen LogP contribution is 2.32. The molecule has 6 heteroatoms. The fraction of sp³-hybridized carbons (Fsp3) is 0.261. The summed E-state index contributed by atoms with van der Waals surface area (Å²) < 4.78 is 0. The van der Waals surface area contributed by atoms with E-state index in [2.05, 4.69) is 34.3 Å². The molecule has 0 bridgehead atoms. The molecule has 1 aromatic heterocycles. The molecule has 2 N–H and O–H groups in total. The zero-order chi connectivity index (χ0) is 20.8. The summed E-state index contributed by atoms with van der Waals surface area (Å²) in [7, 11) is 0. The molecule has 5 nitrogen and oxygen atoms in total. The van der Waals surface area contributed by atoms with Gasteiger partial charge < -0.3 is 10.3 Å². The Morgan fingerprint density at radius 2 is 1.79 bits per heavy atom. The number of carbonyl (C=O) groups excluding carboxylic acids is 1. The van der Waals surface area contributed by atoms with Gasteiger partial charge in [-0.3, -0.25) is 9.59 Å². The zero-order valence-corrected chi connectivity index (χ0v) is 17.7. The van der Waals surface area contributed by atoms with E-state index in [4.69, 9.17) is 0 Å². The predicted molar refractivity (Wildman–Crippen MR) is 117 cm³/mol. The Kier molecular flexibility index (Phi) is 6.88. The summed E-state index contributed by atoms with van der Waals surface area (Å²) in [6.07, 6.45) is 0.0131. The fourth-order valence-corrected chi connectivity index (χ4v) is 3.91. The van der Waals surface area contributed by atoms with Gasteiger partial charge in [0.1, 0.15) is 0 Å². The van der Waals surface area contributed by atoms with E-state index in [0.717, 1.165) is 11.1 Å². The van der Waals surface area contributed by atoms with Crippen molar-refractivity contribution in [2.75, 3.05) is 0 Å². The first-order chi connectivity index (χ1) is 13.9. The number of nitrogens with zero attached hydrogens (tertiary/aromatic N) is 1. The maximum atomic E-state index is 12.5. The van der Waals surface area contributed by atoms with Crippen LogP contribution >= 0.6 is 11.8 Å². The molecule has 0 aliphatic heterocycles. The van der Waals surface area contributed by atoms with Crippen LogP contribution in [0.25, 0.3) is 0 Å². The maximum Gasteiger partial charge on any atom is 0.255 e. The fourth-order valence-electron chi connectivity index (χ4n) is 2.94. The van der Waals surface area contributed by atoms with Gasteiger partial charge in [0.25, 0.3) is 5.56 Å². The quantitative estimate of drug-likeness (QED) is 0.457. The molecule has 2 aromatic carbocycles. The highest BCUT2D eigenvalue weighted by atomic mass is 32.2. The SMILES string of the molecule is Cc1ccc(CNC(=O)Cc2c(C)nc(SC(C)c3ccccc3)[nH]c2=O)cc1. The van der Waals surface area contributed by atoms with Gasteiger partial charge in [0.05, 0.1) is 6.42 Å². The third-order valence-electron chi connectivity index (χ3n) is 4.71. The molecule has 0 fully saturated rings. The number of aromatic nitrogens is 2. The van der Waals surface area contributed by atoms with Crippen molar-refractivity contribution in [2.45, 2.75) is 44.1 Å². The van der Waals surface area contributed by atoms with Gasteiger partial charge in [0.2, 0.25) is 5.91 Å². The van der Waals surface area contributed by atoms with Gasteiger partial charge in [-0.2, -0.15) is 0 Å². The van der Waals surface area contributed by atoms with Gasteiger partial charge >= 0.3 is 0 Å². The smallest absolute Gasteiger partial charge is 0.255 e. The topological polar surface area (TPSA) is 74.8 Å². The molecule has 0 aliphatic carbocycles. The van der Waals surface area contributed by atoms with E-state index >= 15 is 0 Å². The molecule has 0 aliphatic rings. The Morgan fingerprint density at radius 3 is 2.45 bits per heavy atom. The summed E-state index contributed by atoms with van der Waals surface area (Å²) in [6.45, 7) is 6.30. The van der Waals surface area contributed by atoms with Crippen molar-refractivity contribution in [3.63, 3.8) is 0 Å². The Balaban J connectivity index is 1.63. The molecule has 0 saturated heterocycles. The Hall–Kier alpha value is -2.86. The van der Waals surface area contributed by atoms with Crippen molar-refractivity contribution < 1.29 is 4.79 Å². The highest BCUT2D eigenvalue weighted by Gasteiger charge is 2.15. The van der Waals surface area contributed by atoms with E-state index in [1.54, 1.807) is 6.92 Å². The third kappa shape index (κ3) is 5.81. The van der Waals surface area contributed by atoms with Gasteiger partial charge in [0.15, 0.2) is 5.16 Å². The predicted octanol–water partition coefficient (Wildman–Crippen LogP) is 4.10. The number of carbonyl (C=O) groups is 1. The van der Waals surface area contributed by atoms with Crippen LogP contribution in [0.5, 0.6) is 0 Å². The van der Waals surface area contributed by atoms with Crippen molar-refractivity contribution in [1.82, 2.24) is 15.3 Å². The van der Waals surface area contributed by atoms with Gasteiger partial charge in [-0.1, -0.05) is 71.9 Å². The Morgan fingerprint density at radius 1 is 1.10 bits per heavy atom. The van der Waals surface area contributed by atoms with E-state index < -0.39 is 0 Å². The minimum Gasteiger partial charge on any atom is -0.352 e. The van der Waals surface area contributed by atoms with Gasteiger partial charge in [-0.25, -0.2) is 4.98 Å². The van der Waals surface area contributed by atoms with Crippen LogP contribution in [0.4, 0.5) is 0 Å². The van der Waals surface area contributed by atoms with Crippen LogP contribution in [0.3, 0.4) is 0 Å². The molecule has 0 radical (unpaired) electrons. The summed E-state index contributed by atoms with van der Waals surface area (Å²) in [5.41, 5.74) is 4.09. The zero-order valence-electron chi connectivity index (χ0n) is 16.9. The van der Waals surface area contributed by atoms with E-state index in [0.29, 0.717) is 23.0 Å². The second-order valence-electron chi connectivity index (χ2n) is 7.04. The summed E-state index contributed by atoms with van der Waals surface area (Å²) >= 11 is 1.49. The number of hydrogen-bond acceptors (Lipinski definition) is 4. The van der Waals surface area contributed by atoms with Crippen molar-refractivity contribution >= 4 is 17.7 Å². The summed E-state index contributed by atoms with van der Waals surface area (Å²) in [4.78, 5) is 32.2. The lowest BCUT2D eigenvalue weighted by atomic mass is 10.1. The third-order valence-corrected chi connectivity index (χ3v) is 5.75. The van der Waals surface area contributed by atoms with Crippen molar-refractivity contribution in [3.8, 4) is 0 Å². The minimum absolute atomic E-state index is 0.0131. The van der Waals surface area contributed by atoms with Gasteiger partial charge in [0, 0.05) is 23.1 Å².